The lowest BCUT2D eigenvalue weighted by molar-refractivity contribution is -0.383. The minimum Gasteiger partial charge on any atom is -0.354 e. The molecule has 1 aromatic carbocycles. The fourth-order valence-electron chi connectivity index (χ4n) is 1.36. The second-order valence-corrected chi connectivity index (χ2v) is 3.33. The number of nitrogens with one attached hydrogen (secondary N) is 1. The highest BCUT2D eigenvalue weighted by Gasteiger charge is 2.13. The summed E-state index contributed by atoms with van der Waals surface area (Å²) in [4.78, 5) is 24.3. The summed E-state index contributed by atoms with van der Waals surface area (Å²) in [6, 6.07) is 4.27. The molecule has 0 aliphatic heterocycles. The van der Waals surface area contributed by atoms with Gasteiger partial charge < -0.3 is 4.98 Å². The molecular formula is C9H5ClN2O3. The van der Waals surface area contributed by atoms with E-state index in [2.05, 4.69) is 4.98 Å². The number of nitro benzene ring substituents is 1. The topological polar surface area (TPSA) is 76.0 Å². The number of para-hydroxylation sites is 1. The number of nitro groups is 1. The third kappa shape index (κ3) is 1.46. The van der Waals surface area contributed by atoms with E-state index in [0.717, 1.165) is 0 Å². The lowest BCUT2D eigenvalue weighted by atomic mass is 10.2. The van der Waals surface area contributed by atoms with Crippen molar-refractivity contribution in [3.63, 3.8) is 0 Å². The SMILES string of the molecule is O=c1c(Cl)c[nH]c2c([N+](=O)[O-])cccc12. The molecule has 0 radical (unpaired) electrons. The fourth-order valence-corrected chi connectivity index (χ4v) is 1.52. The van der Waals surface area contributed by atoms with E-state index in [9.17, 15) is 14.9 Å². The predicted octanol–water partition coefficient (Wildman–Crippen LogP) is 2.09. The molecular weight excluding hydrogens is 220 g/mol. The molecule has 0 saturated carbocycles. The van der Waals surface area contributed by atoms with Crippen molar-refractivity contribution >= 4 is 28.2 Å². The number of fused-ring (bicyclic) bond motifs is 1. The first-order valence-corrected chi connectivity index (χ1v) is 4.43. The number of hydrogen-bond acceptors (Lipinski definition) is 3. The summed E-state index contributed by atoms with van der Waals surface area (Å²) in [6.07, 6.45) is 1.25. The van der Waals surface area contributed by atoms with Crippen LogP contribution in [0.5, 0.6) is 0 Å². The van der Waals surface area contributed by atoms with E-state index in [-0.39, 0.29) is 21.6 Å². The predicted molar refractivity (Wildman–Crippen MR) is 56.2 cm³/mol. The summed E-state index contributed by atoms with van der Waals surface area (Å²) in [6.45, 7) is 0. The van der Waals surface area contributed by atoms with Gasteiger partial charge in [-0.25, -0.2) is 0 Å². The van der Waals surface area contributed by atoms with Crippen molar-refractivity contribution in [1.29, 1.82) is 0 Å². The minimum atomic E-state index is -0.549. The fraction of sp³-hybridized carbons (Fsp3) is 0. The molecule has 0 amide bonds. The van der Waals surface area contributed by atoms with Crippen LogP contribution in [-0.4, -0.2) is 9.91 Å². The van der Waals surface area contributed by atoms with Crippen LogP contribution >= 0.6 is 11.6 Å². The molecule has 0 saturated heterocycles. The molecule has 76 valence electrons. The number of hydrogen-bond donors (Lipinski definition) is 1. The van der Waals surface area contributed by atoms with Crippen LogP contribution in [0.1, 0.15) is 0 Å². The highest BCUT2D eigenvalue weighted by molar-refractivity contribution is 6.31. The Kier molecular flexibility index (Phi) is 2.17. The molecule has 0 spiro atoms. The third-order valence-corrected chi connectivity index (χ3v) is 2.32. The summed E-state index contributed by atoms with van der Waals surface area (Å²) in [5.74, 6) is 0. The number of halogens is 1. The van der Waals surface area contributed by atoms with E-state index in [1.165, 1.54) is 24.4 Å². The van der Waals surface area contributed by atoms with Crippen LogP contribution in [0.15, 0.2) is 29.2 Å². The smallest absolute Gasteiger partial charge is 0.293 e. The van der Waals surface area contributed by atoms with Gasteiger partial charge in [0.25, 0.3) is 5.69 Å². The van der Waals surface area contributed by atoms with Crippen LogP contribution in [0.4, 0.5) is 5.69 Å². The summed E-state index contributed by atoms with van der Waals surface area (Å²) >= 11 is 5.61. The van der Waals surface area contributed by atoms with E-state index in [1.807, 2.05) is 0 Å². The minimum absolute atomic E-state index is 0.0167. The number of aromatic amines is 1. The van der Waals surface area contributed by atoms with Crippen LogP contribution in [0.25, 0.3) is 10.9 Å². The van der Waals surface area contributed by atoms with E-state index in [0.29, 0.717) is 0 Å². The lowest BCUT2D eigenvalue weighted by Crippen LogP contribution is -2.04. The maximum atomic E-state index is 11.5. The molecule has 0 aliphatic rings. The number of H-pyrrole nitrogens is 1. The summed E-state index contributed by atoms with van der Waals surface area (Å²) in [7, 11) is 0. The zero-order valence-electron chi connectivity index (χ0n) is 7.36. The molecule has 2 aromatic rings. The molecule has 0 unspecified atom stereocenters. The van der Waals surface area contributed by atoms with E-state index in [1.54, 1.807) is 0 Å². The molecule has 0 atom stereocenters. The number of pyridine rings is 1. The molecule has 1 heterocycles. The van der Waals surface area contributed by atoms with Crippen molar-refractivity contribution in [2.45, 2.75) is 0 Å². The van der Waals surface area contributed by atoms with Crippen molar-refractivity contribution in [1.82, 2.24) is 4.98 Å². The number of nitrogens with zero attached hydrogens (tertiary/aromatic N) is 1. The lowest BCUT2D eigenvalue weighted by Gasteiger charge is -1.98. The van der Waals surface area contributed by atoms with Gasteiger partial charge in [0.15, 0.2) is 0 Å². The Morgan fingerprint density at radius 2 is 2.13 bits per heavy atom. The van der Waals surface area contributed by atoms with E-state index in [4.69, 9.17) is 11.6 Å². The van der Waals surface area contributed by atoms with Gasteiger partial charge in [-0.2, -0.15) is 0 Å². The highest BCUT2D eigenvalue weighted by atomic mass is 35.5. The standard InChI is InChI=1S/C9H5ClN2O3/c10-6-4-11-8-5(9(6)13)2-1-3-7(8)12(14)15/h1-4H,(H,11,13). The first-order chi connectivity index (χ1) is 7.11. The Morgan fingerprint density at radius 3 is 2.80 bits per heavy atom. The molecule has 5 nitrogen and oxygen atoms in total. The van der Waals surface area contributed by atoms with Crippen LogP contribution < -0.4 is 5.43 Å². The van der Waals surface area contributed by atoms with Crippen molar-refractivity contribution in [2.24, 2.45) is 0 Å². The second-order valence-electron chi connectivity index (χ2n) is 2.92. The third-order valence-electron chi connectivity index (χ3n) is 2.04. The largest absolute Gasteiger partial charge is 0.354 e. The normalized spacial score (nSPS) is 10.5. The maximum Gasteiger partial charge on any atom is 0.293 e. The molecule has 0 aliphatic carbocycles. The van der Waals surface area contributed by atoms with E-state index < -0.39 is 10.4 Å². The number of aromatic nitrogens is 1. The molecule has 15 heavy (non-hydrogen) atoms. The molecule has 1 aromatic heterocycles. The quantitative estimate of drug-likeness (QED) is 0.595. The van der Waals surface area contributed by atoms with Gasteiger partial charge in [-0.15, -0.1) is 0 Å². The number of benzene rings is 1. The van der Waals surface area contributed by atoms with Gasteiger partial charge in [-0.05, 0) is 6.07 Å². The Labute approximate surface area is 88.5 Å². The first-order valence-electron chi connectivity index (χ1n) is 4.05. The van der Waals surface area contributed by atoms with Gasteiger partial charge in [-0.3, -0.25) is 14.9 Å². The molecule has 6 heteroatoms. The van der Waals surface area contributed by atoms with Gasteiger partial charge in [0, 0.05) is 12.3 Å². The first kappa shape index (κ1) is 9.67. The number of non-ortho nitro benzene ring substituents is 1. The van der Waals surface area contributed by atoms with Gasteiger partial charge in [0.1, 0.15) is 10.5 Å². The van der Waals surface area contributed by atoms with Crippen molar-refractivity contribution in [3.05, 3.63) is 49.8 Å². The van der Waals surface area contributed by atoms with Gasteiger partial charge in [0.2, 0.25) is 5.43 Å². The van der Waals surface area contributed by atoms with Crippen LogP contribution in [0.2, 0.25) is 5.02 Å². The monoisotopic (exact) mass is 224 g/mol. The Hall–Kier alpha value is -1.88. The Morgan fingerprint density at radius 1 is 1.40 bits per heavy atom. The molecule has 0 fully saturated rings. The van der Waals surface area contributed by atoms with Gasteiger partial charge in [0.05, 0.1) is 10.3 Å². The van der Waals surface area contributed by atoms with Crippen molar-refractivity contribution < 1.29 is 4.92 Å². The summed E-state index contributed by atoms with van der Waals surface area (Å²) in [5.41, 5.74) is -0.354. The van der Waals surface area contributed by atoms with E-state index >= 15 is 0 Å². The van der Waals surface area contributed by atoms with Gasteiger partial charge >= 0.3 is 0 Å². The van der Waals surface area contributed by atoms with Crippen LogP contribution in [0.3, 0.4) is 0 Å². The Bertz CT molecular complexity index is 606. The highest BCUT2D eigenvalue weighted by Crippen LogP contribution is 2.21. The van der Waals surface area contributed by atoms with Crippen molar-refractivity contribution in [3.8, 4) is 0 Å². The number of rotatable bonds is 1. The summed E-state index contributed by atoms with van der Waals surface area (Å²) in [5, 5.41) is 10.9. The molecule has 2 rings (SSSR count). The average Bonchev–Trinajstić information content (AvgIpc) is 2.23. The molecule has 0 bridgehead atoms. The van der Waals surface area contributed by atoms with Crippen LogP contribution in [-0.2, 0) is 0 Å². The van der Waals surface area contributed by atoms with Gasteiger partial charge in [-0.1, -0.05) is 17.7 Å². The second kappa shape index (κ2) is 3.36. The van der Waals surface area contributed by atoms with Crippen molar-refractivity contribution in [2.75, 3.05) is 0 Å². The molecule has 1 N–H and O–H groups in total. The zero-order chi connectivity index (χ0) is 11.0. The average molecular weight is 225 g/mol. The zero-order valence-corrected chi connectivity index (χ0v) is 8.12. The summed E-state index contributed by atoms with van der Waals surface area (Å²) < 4.78 is 0. The van der Waals surface area contributed by atoms with Crippen LogP contribution in [0, 0.1) is 10.1 Å². The maximum absolute atomic E-state index is 11.5. The Balaban J connectivity index is 2.96.